The van der Waals surface area contributed by atoms with Gasteiger partial charge in [0.25, 0.3) is 5.69 Å². The highest BCUT2D eigenvalue weighted by molar-refractivity contribution is 7.84. The van der Waals surface area contributed by atoms with Crippen LogP contribution in [0.4, 0.5) is 10.5 Å². The van der Waals surface area contributed by atoms with Gasteiger partial charge in [0.05, 0.1) is 10.5 Å². The molecule has 0 saturated carbocycles. The van der Waals surface area contributed by atoms with Crippen LogP contribution in [0.2, 0.25) is 0 Å². The Bertz CT molecular complexity index is 688. The molecule has 1 unspecified atom stereocenters. The zero-order chi connectivity index (χ0) is 15.7. The Kier molecular flexibility index (Phi) is 3.80. The largest absolute Gasteiger partial charge is 0.509 e. The Hall–Kier alpha value is -2.24. The highest BCUT2D eigenvalue weighted by Crippen LogP contribution is 2.37. The molecule has 2 rings (SSSR count). The molecule has 0 aliphatic carbocycles. The number of ether oxygens (including phenoxy) is 2. The Morgan fingerprint density at radius 3 is 2.62 bits per heavy atom. The summed E-state index contributed by atoms with van der Waals surface area (Å²) in [6.07, 6.45) is -1.09. The number of nitro groups is 1. The van der Waals surface area contributed by atoms with E-state index in [-0.39, 0.29) is 11.3 Å². The van der Waals surface area contributed by atoms with E-state index >= 15 is 0 Å². The van der Waals surface area contributed by atoms with Crippen LogP contribution in [0.25, 0.3) is 0 Å². The van der Waals surface area contributed by atoms with Gasteiger partial charge in [-0.1, -0.05) is 12.1 Å². The molecule has 1 fully saturated rings. The minimum atomic E-state index is -4.33. The number of benzene rings is 1. The maximum atomic E-state index is 11.2. The van der Waals surface area contributed by atoms with Crippen molar-refractivity contribution >= 4 is 22.1 Å². The lowest BCUT2D eigenvalue weighted by Crippen LogP contribution is -2.37. The van der Waals surface area contributed by atoms with Crippen LogP contribution >= 0.6 is 0 Å². The molecule has 11 heteroatoms. The SMILES string of the molecule is NS(=O)(=O)OCC1(c2ccccc2[N+](=O)[O-])COC(=O)O1. The number of nitrogens with two attached hydrogens (primary N) is 1. The topological polar surface area (TPSA) is 148 Å². The van der Waals surface area contributed by atoms with Gasteiger partial charge < -0.3 is 9.47 Å². The fraction of sp³-hybridized carbons (Fsp3) is 0.300. The monoisotopic (exact) mass is 318 g/mol. The van der Waals surface area contributed by atoms with Crippen LogP contribution in [0.15, 0.2) is 24.3 Å². The minimum Gasteiger partial charge on any atom is -0.429 e. The van der Waals surface area contributed by atoms with Crippen molar-refractivity contribution in [3.8, 4) is 0 Å². The van der Waals surface area contributed by atoms with E-state index in [0.29, 0.717) is 0 Å². The summed E-state index contributed by atoms with van der Waals surface area (Å²) < 4.78 is 35.8. The van der Waals surface area contributed by atoms with Crippen molar-refractivity contribution in [1.82, 2.24) is 0 Å². The van der Waals surface area contributed by atoms with Crippen LogP contribution in [-0.4, -0.2) is 32.7 Å². The number of carbonyl (C=O) groups is 1. The summed E-state index contributed by atoms with van der Waals surface area (Å²) in [6.45, 7) is -1.17. The lowest BCUT2D eigenvalue weighted by atomic mass is 9.94. The van der Waals surface area contributed by atoms with E-state index in [1.165, 1.54) is 24.3 Å². The van der Waals surface area contributed by atoms with Gasteiger partial charge >= 0.3 is 16.5 Å². The molecule has 1 aromatic rings. The van der Waals surface area contributed by atoms with E-state index in [1.54, 1.807) is 0 Å². The summed E-state index contributed by atoms with van der Waals surface area (Å²) in [5.41, 5.74) is -2.17. The van der Waals surface area contributed by atoms with Crippen LogP contribution < -0.4 is 5.14 Å². The second-order valence-corrected chi connectivity index (χ2v) is 5.39. The third-order valence-electron chi connectivity index (χ3n) is 2.75. The van der Waals surface area contributed by atoms with Crippen molar-refractivity contribution in [3.63, 3.8) is 0 Å². The lowest BCUT2D eigenvalue weighted by molar-refractivity contribution is -0.386. The number of hydrogen-bond donors (Lipinski definition) is 1. The second kappa shape index (κ2) is 5.27. The van der Waals surface area contributed by atoms with Crippen molar-refractivity contribution in [3.05, 3.63) is 39.9 Å². The average molecular weight is 318 g/mol. The van der Waals surface area contributed by atoms with Crippen molar-refractivity contribution in [2.24, 2.45) is 5.14 Å². The van der Waals surface area contributed by atoms with Gasteiger partial charge in [0, 0.05) is 6.07 Å². The molecule has 1 aliphatic heterocycles. The van der Waals surface area contributed by atoms with Gasteiger partial charge in [0.1, 0.15) is 13.2 Å². The van der Waals surface area contributed by atoms with Gasteiger partial charge in [0.2, 0.25) is 5.60 Å². The normalized spacial score (nSPS) is 21.7. The number of rotatable bonds is 5. The summed E-state index contributed by atoms with van der Waals surface area (Å²) in [4.78, 5) is 21.5. The highest BCUT2D eigenvalue weighted by Gasteiger charge is 2.49. The first-order chi connectivity index (χ1) is 9.73. The summed E-state index contributed by atoms with van der Waals surface area (Å²) in [5.74, 6) is 0. The fourth-order valence-electron chi connectivity index (χ4n) is 1.87. The Labute approximate surface area is 118 Å². The Morgan fingerprint density at radius 2 is 2.10 bits per heavy atom. The third kappa shape index (κ3) is 3.26. The zero-order valence-corrected chi connectivity index (χ0v) is 11.2. The second-order valence-electron chi connectivity index (χ2n) is 4.16. The first-order valence-electron chi connectivity index (χ1n) is 5.50. The molecule has 0 spiro atoms. The van der Waals surface area contributed by atoms with Crippen molar-refractivity contribution < 1.29 is 31.8 Å². The molecule has 0 bridgehead atoms. The van der Waals surface area contributed by atoms with Crippen LogP contribution in [0.1, 0.15) is 5.56 Å². The number of cyclic esters (lactones) is 2. The quantitative estimate of drug-likeness (QED) is 0.459. The van der Waals surface area contributed by atoms with Crippen LogP contribution in [0, 0.1) is 10.1 Å². The minimum absolute atomic E-state index is 0.0514. The number of carbonyl (C=O) groups excluding carboxylic acids is 1. The molecule has 0 amide bonds. The first kappa shape index (κ1) is 15.2. The maximum absolute atomic E-state index is 11.2. The molecule has 114 valence electrons. The lowest BCUT2D eigenvalue weighted by Gasteiger charge is -2.23. The summed E-state index contributed by atoms with van der Waals surface area (Å²) in [5, 5.41) is 15.8. The van der Waals surface area contributed by atoms with Crippen molar-refractivity contribution in [1.29, 1.82) is 0 Å². The predicted molar refractivity (Wildman–Crippen MR) is 66.3 cm³/mol. The number of nitrogens with zero attached hydrogens (tertiary/aromatic N) is 1. The van der Waals surface area contributed by atoms with Crippen molar-refractivity contribution in [2.45, 2.75) is 5.60 Å². The zero-order valence-electron chi connectivity index (χ0n) is 10.4. The van der Waals surface area contributed by atoms with E-state index in [1.807, 2.05) is 0 Å². The van der Waals surface area contributed by atoms with Crippen molar-refractivity contribution in [2.75, 3.05) is 13.2 Å². The molecule has 21 heavy (non-hydrogen) atoms. The van der Waals surface area contributed by atoms with E-state index in [9.17, 15) is 23.3 Å². The fourth-order valence-corrected chi connectivity index (χ4v) is 2.23. The number of nitro benzene ring substituents is 1. The molecule has 1 aromatic carbocycles. The van der Waals surface area contributed by atoms with E-state index in [0.717, 1.165) is 0 Å². The molecule has 2 N–H and O–H groups in total. The van der Waals surface area contributed by atoms with E-state index in [4.69, 9.17) is 9.88 Å². The van der Waals surface area contributed by atoms with Gasteiger partial charge in [-0.05, 0) is 6.07 Å². The van der Waals surface area contributed by atoms with Gasteiger partial charge in [-0.3, -0.25) is 14.3 Å². The van der Waals surface area contributed by atoms with Gasteiger partial charge in [-0.25, -0.2) is 9.93 Å². The van der Waals surface area contributed by atoms with Gasteiger partial charge in [-0.15, -0.1) is 0 Å². The number of para-hydroxylation sites is 1. The maximum Gasteiger partial charge on any atom is 0.509 e. The predicted octanol–water partition coefficient (Wildman–Crippen LogP) is 0.177. The molecule has 1 heterocycles. The summed E-state index contributed by atoms with van der Waals surface area (Å²) in [7, 11) is -4.33. The highest BCUT2D eigenvalue weighted by atomic mass is 32.2. The summed E-state index contributed by atoms with van der Waals surface area (Å²) in [6, 6.07) is 5.37. The van der Waals surface area contributed by atoms with Crippen LogP contribution in [-0.2, 0) is 29.6 Å². The molecule has 1 atom stereocenters. The molecular weight excluding hydrogens is 308 g/mol. The molecule has 0 aromatic heterocycles. The van der Waals surface area contributed by atoms with Gasteiger partial charge in [0.15, 0.2) is 0 Å². The first-order valence-corrected chi connectivity index (χ1v) is 6.97. The van der Waals surface area contributed by atoms with Crippen LogP contribution in [0.5, 0.6) is 0 Å². The third-order valence-corrected chi connectivity index (χ3v) is 3.20. The van der Waals surface area contributed by atoms with E-state index in [2.05, 4.69) is 8.92 Å². The molecule has 1 saturated heterocycles. The van der Waals surface area contributed by atoms with Gasteiger partial charge in [-0.2, -0.15) is 8.42 Å². The Morgan fingerprint density at radius 1 is 1.43 bits per heavy atom. The standard InChI is InChI=1S/C10H10N2O8S/c11-21(16,17)19-6-10(5-18-9(13)20-10)7-3-1-2-4-8(7)12(14)15/h1-4H,5-6H2,(H2,11,16,17). The molecule has 0 radical (unpaired) electrons. The smallest absolute Gasteiger partial charge is 0.429 e. The molecule has 1 aliphatic rings. The molecular formula is C10H10N2O8S. The Balaban J connectivity index is 2.46. The van der Waals surface area contributed by atoms with Crippen LogP contribution in [0.3, 0.4) is 0 Å². The van der Waals surface area contributed by atoms with E-state index < -0.39 is 40.2 Å². The molecule has 10 nitrogen and oxygen atoms in total. The summed E-state index contributed by atoms with van der Waals surface area (Å²) >= 11 is 0. The average Bonchev–Trinajstić information content (AvgIpc) is 2.78. The number of hydrogen-bond acceptors (Lipinski definition) is 8.